The Hall–Kier alpha value is -2.92. The van der Waals surface area contributed by atoms with Crippen LogP contribution < -0.4 is 10.1 Å². The molecule has 0 aliphatic rings. The van der Waals surface area contributed by atoms with Crippen LogP contribution in [0.15, 0.2) is 48.5 Å². The summed E-state index contributed by atoms with van der Waals surface area (Å²) >= 11 is 0. The molecule has 0 bridgehead atoms. The number of amides is 1. The van der Waals surface area contributed by atoms with Gasteiger partial charge < -0.3 is 14.8 Å². The van der Waals surface area contributed by atoms with Gasteiger partial charge in [-0.2, -0.15) is 0 Å². The fourth-order valence-electron chi connectivity index (χ4n) is 3.11. The first-order valence-electron chi connectivity index (χ1n) is 10.1. The first kappa shape index (κ1) is 20.8. The van der Waals surface area contributed by atoms with Gasteiger partial charge in [-0.3, -0.25) is 4.79 Å². The summed E-state index contributed by atoms with van der Waals surface area (Å²) in [6.45, 7) is 8.44. The lowest BCUT2D eigenvalue weighted by Gasteiger charge is -2.12. The van der Waals surface area contributed by atoms with Gasteiger partial charge in [0.1, 0.15) is 5.75 Å². The van der Waals surface area contributed by atoms with Crippen LogP contribution in [0.2, 0.25) is 0 Å². The Morgan fingerprint density at radius 3 is 2.55 bits per heavy atom. The van der Waals surface area contributed by atoms with E-state index < -0.39 is 0 Å². The lowest BCUT2D eigenvalue weighted by Crippen LogP contribution is -2.25. The van der Waals surface area contributed by atoms with Crippen LogP contribution in [0.1, 0.15) is 36.2 Å². The molecule has 1 amide bonds. The Balaban J connectivity index is 1.87. The number of aromatic nitrogens is 1. The molecule has 3 aromatic rings. The van der Waals surface area contributed by atoms with Crippen molar-refractivity contribution in [2.75, 3.05) is 26.4 Å². The van der Waals surface area contributed by atoms with Crippen LogP contribution in [0.3, 0.4) is 0 Å². The summed E-state index contributed by atoms with van der Waals surface area (Å²) in [5.74, 6) is 0.632. The second-order valence-corrected chi connectivity index (χ2v) is 6.84. The molecule has 0 saturated carbocycles. The second-order valence-electron chi connectivity index (χ2n) is 6.84. The van der Waals surface area contributed by atoms with Crippen LogP contribution >= 0.6 is 0 Å². The van der Waals surface area contributed by atoms with Gasteiger partial charge in [-0.05, 0) is 45.4 Å². The highest BCUT2D eigenvalue weighted by Crippen LogP contribution is 2.31. The average Bonchev–Trinajstić information content (AvgIpc) is 2.74. The summed E-state index contributed by atoms with van der Waals surface area (Å²) in [6.07, 6.45) is 0.790. The number of fused-ring (bicyclic) bond motifs is 1. The number of carbonyl (C=O) groups is 1. The van der Waals surface area contributed by atoms with Crippen LogP contribution in [0, 0.1) is 6.92 Å². The molecule has 1 heterocycles. The highest BCUT2D eigenvalue weighted by Gasteiger charge is 2.12. The molecule has 0 atom stereocenters. The van der Waals surface area contributed by atoms with E-state index in [-0.39, 0.29) is 5.91 Å². The third-order valence-electron chi connectivity index (χ3n) is 4.64. The molecular formula is C24H28N2O3. The zero-order valence-corrected chi connectivity index (χ0v) is 17.3. The van der Waals surface area contributed by atoms with E-state index >= 15 is 0 Å². The van der Waals surface area contributed by atoms with E-state index in [0.29, 0.717) is 31.9 Å². The standard InChI is InChI=1S/C24H28N2O3/c1-4-28-14-6-13-25-24(27)19-11-12-21-20(15-19)23(29-5-2)16-22(26-21)18-9-7-17(3)8-10-18/h7-12,15-16H,4-6,13-14H2,1-3H3,(H,25,27). The lowest BCUT2D eigenvalue weighted by molar-refractivity contribution is 0.0944. The predicted molar refractivity (Wildman–Crippen MR) is 117 cm³/mol. The van der Waals surface area contributed by atoms with Gasteiger partial charge in [0.25, 0.3) is 5.91 Å². The van der Waals surface area contributed by atoms with Crippen molar-refractivity contribution < 1.29 is 14.3 Å². The summed E-state index contributed by atoms with van der Waals surface area (Å²) in [6, 6.07) is 15.7. The van der Waals surface area contributed by atoms with Crippen molar-refractivity contribution in [1.82, 2.24) is 10.3 Å². The molecule has 5 heteroatoms. The fourth-order valence-corrected chi connectivity index (χ4v) is 3.11. The molecule has 5 nitrogen and oxygen atoms in total. The molecule has 0 aliphatic carbocycles. The van der Waals surface area contributed by atoms with E-state index in [4.69, 9.17) is 14.5 Å². The average molecular weight is 392 g/mol. The Bertz CT molecular complexity index is 968. The number of rotatable bonds is 9. The smallest absolute Gasteiger partial charge is 0.251 e. The van der Waals surface area contributed by atoms with Crippen molar-refractivity contribution in [2.45, 2.75) is 27.2 Å². The van der Waals surface area contributed by atoms with Crippen LogP contribution in [0.4, 0.5) is 0 Å². The van der Waals surface area contributed by atoms with Crippen LogP contribution in [0.25, 0.3) is 22.2 Å². The first-order valence-corrected chi connectivity index (χ1v) is 10.1. The zero-order chi connectivity index (χ0) is 20.6. The number of aryl methyl sites for hydroxylation is 1. The lowest BCUT2D eigenvalue weighted by atomic mass is 10.1. The van der Waals surface area contributed by atoms with Gasteiger partial charge in [0.15, 0.2) is 0 Å². The molecule has 152 valence electrons. The maximum Gasteiger partial charge on any atom is 0.251 e. The number of hydrogen-bond donors (Lipinski definition) is 1. The summed E-state index contributed by atoms with van der Waals surface area (Å²) in [5.41, 5.74) is 4.50. The number of carbonyl (C=O) groups excluding carboxylic acids is 1. The number of ether oxygens (including phenoxy) is 2. The Kier molecular flexibility index (Phi) is 7.19. The van der Waals surface area contributed by atoms with Crippen molar-refractivity contribution >= 4 is 16.8 Å². The van der Waals surface area contributed by atoms with Gasteiger partial charge in [-0.1, -0.05) is 29.8 Å². The van der Waals surface area contributed by atoms with Crippen molar-refractivity contribution in [3.63, 3.8) is 0 Å². The number of nitrogens with one attached hydrogen (secondary N) is 1. The molecule has 1 N–H and O–H groups in total. The number of hydrogen-bond acceptors (Lipinski definition) is 4. The highest BCUT2D eigenvalue weighted by molar-refractivity contribution is 5.99. The van der Waals surface area contributed by atoms with Gasteiger partial charge in [0.05, 0.1) is 17.8 Å². The third kappa shape index (κ3) is 5.33. The summed E-state index contributed by atoms with van der Waals surface area (Å²) in [7, 11) is 0. The van der Waals surface area contributed by atoms with Crippen molar-refractivity contribution in [1.29, 1.82) is 0 Å². The topological polar surface area (TPSA) is 60.5 Å². The predicted octanol–water partition coefficient (Wildman–Crippen LogP) is 4.77. The van der Waals surface area contributed by atoms with Crippen LogP contribution in [0.5, 0.6) is 5.75 Å². The Labute approximate surface area is 172 Å². The van der Waals surface area contributed by atoms with E-state index in [1.165, 1.54) is 5.56 Å². The molecule has 0 saturated heterocycles. The van der Waals surface area contributed by atoms with Crippen LogP contribution in [-0.2, 0) is 4.74 Å². The largest absolute Gasteiger partial charge is 0.493 e. The Morgan fingerprint density at radius 2 is 1.83 bits per heavy atom. The molecule has 3 rings (SSSR count). The minimum atomic E-state index is -0.103. The van der Waals surface area contributed by atoms with Gasteiger partial charge >= 0.3 is 0 Å². The quantitative estimate of drug-likeness (QED) is 0.533. The SMILES string of the molecule is CCOCCCNC(=O)c1ccc2nc(-c3ccc(C)cc3)cc(OCC)c2c1. The van der Waals surface area contributed by atoms with Gasteiger partial charge in [-0.15, -0.1) is 0 Å². The van der Waals surface area contributed by atoms with Gasteiger partial charge in [0, 0.05) is 42.3 Å². The maximum atomic E-state index is 12.5. The molecule has 0 unspecified atom stereocenters. The second kappa shape index (κ2) is 10.0. The number of pyridine rings is 1. The van der Waals surface area contributed by atoms with Crippen molar-refractivity contribution in [3.8, 4) is 17.0 Å². The van der Waals surface area contributed by atoms with E-state index in [2.05, 4.69) is 36.5 Å². The van der Waals surface area contributed by atoms with Crippen LogP contribution in [-0.4, -0.2) is 37.3 Å². The normalized spacial score (nSPS) is 10.9. The van der Waals surface area contributed by atoms with Gasteiger partial charge in [-0.25, -0.2) is 4.98 Å². The third-order valence-corrected chi connectivity index (χ3v) is 4.64. The monoisotopic (exact) mass is 392 g/mol. The first-order chi connectivity index (χ1) is 14.1. The van der Waals surface area contributed by atoms with Gasteiger partial charge in [0.2, 0.25) is 0 Å². The summed E-state index contributed by atoms with van der Waals surface area (Å²) in [5, 5.41) is 3.77. The number of benzene rings is 2. The minimum absolute atomic E-state index is 0.103. The molecule has 0 spiro atoms. The highest BCUT2D eigenvalue weighted by atomic mass is 16.5. The van der Waals surface area contributed by atoms with E-state index in [1.807, 2.05) is 38.1 Å². The number of nitrogens with zero attached hydrogens (tertiary/aromatic N) is 1. The zero-order valence-electron chi connectivity index (χ0n) is 17.3. The Morgan fingerprint density at radius 1 is 1.03 bits per heavy atom. The van der Waals surface area contributed by atoms with E-state index in [1.54, 1.807) is 0 Å². The molecule has 0 radical (unpaired) electrons. The van der Waals surface area contributed by atoms with Crippen molar-refractivity contribution in [3.05, 3.63) is 59.7 Å². The molecule has 0 aliphatic heterocycles. The molecule has 1 aromatic heterocycles. The van der Waals surface area contributed by atoms with Crippen molar-refractivity contribution in [2.24, 2.45) is 0 Å². The van der Waals surface area contributed by atoms with E-state index in [9.17, 15) is 4.79 Å². The molecular weight excluding hydrogens is 364 g/mol. The molecule has 2 aromatic carbocycles. The summed E-state index contributed by atoms with van der Waals surface area (Å²) < 4.78 is 11.2. The molecule has 0 fully saturated rings. The molecule has 29 heavy (non-hydrogen) atoms. The van der Waals surface area contributed by atoms with E-state index in [0.717, 1.165) is 34.3 Å². The fraction of sp³-hybridized carbons (Fsp3) is 0.333. The minimum Gasteiger partial charge on any atom is -0.493 e. The maximum absolute atomic E-state index is 12.5. The summed E-state index contributed by atoms with van der Waals surface area (Å²) in [4.78, 5) is 17.3.